The molecule has 0 radical (unpaired) electrons. The second-order valence-corrected chi connectivity index (χ2v) is 12.7. The van der Waals surface area contributed by atoms with E-state index in [0.29, 0.717) is 28.8 Å². The monoisotopic (exact) mass is 402 g/mol. The van der Waals surface area contributed by atoms with Crippen molar-refractivity contribution in [2.75, 3.05) is 6.61 Å². The fourth-order valence-corrected chi connectivity index (χ4v) is 9.65. The van der Waals surface area contributed by atoms with E-state index in [2.05, 4.69) is 20.8 Å². The lowest BCUT2D eigenvalue weighted by molar-refractivity contribution is -0.256. The summed E-state index contributed by atoms with van der Waals surface area (Å²) < 4.78 is 13.1. The number of aliphatic hydroxyl groups excluding tert-OH is 1. The quantitative estimate of drug-likeness (QED) is 0.577. The molecule has 2 aliphatic heterocycles. The highest BCUT2D eigenvalue weighted by molar-refractivity contribution is 5.13. The first-order valence-electron chi connectivity index (χ1n) is 12.8. The Kier molecular flexibility index (Phi) is 4.35. The maximum atomic E-state index is 10.3. The number of rotatable bonds is 0. The van der Waals surface area contributed by atoms with Gasteiger partial charge in [-0.1, -0.05) is 20.8 Å². The molecule has 0 aromatic rings. The fourth-order valence-electron chi connectivity index (χ4n) is 9.65. The van der Waals surface area contributed by atoms with Crippen LogP contribution in [0.1, 0.15) is 91.4 Å². The lowest BCUT2D eigenvalue weighted by Crippen LogP contribution is -2.54. The zero-order chi connectivity index (χ0) is 20.0. The van der Waals surface area contributed by atoms with Crippen molar-refractivity contribution in [3.63, 3.8) is 0 Å². The third kappa shape index (κ3) is 2.72. The highest BCUT2D eigenvalue weighted by Gasteiger charge is 2.66. The van der Waals surface area contributed by atoms with Crippen molar-refractivity contribution in [1.29, 1.82) is 0 Å². The summed E-state index contributed by atoms with van der Waals surface area (Å²) in [7, 11) is 0. The molecule has 6 aliphatic rings. The second-order valence-electron chi connectivity index (χ2n) is 12.7. The van der Waals surface area contributed by atoms with E-state index in [-0.39, 0.29) is 11.9 Å². The SMILES string of the molecule is CC1CCC2(CC3[C@H](CC4C5CCC6CC(O)CCC6(C)C5CCC43C)O2)OC1. The zero-order valence-electron chi connectivity index (χ0n) is 18.9. The summed E-state index contributed by atoms with van der Waals surface area (Å²) in [6.07, 6.45) is 14.1. The molecule has 2 heterocycles. The van der Waals surface area contributed by atoms with E-state index < -0.39 is 0 Å². The first-order chi connectivity index (χ1) is 13.8. The van der Waals surface area contributed by atoms with E-state index in [1.54, 1.807) is 0 Å². The van der Waals surface area contributed by atoms with Gasteiger partial charge >= 0.3 is 0 Å². The van der Waals surface area contributed by atoms with Gasteiger partial charge in [-0.3, -0.25) is 0 Å². The molecular formula is C26H42O3. The van der Waals surface area contributed by atoms with E-state index in [1.807, 2.05) is 0 Å². The highest BCUT2D eigenvalue weighted by atomic mass is 16.7. The van der Waals surface area contributed by atoms with Gasteiger partial charge in [0.1, 0.15) is 0 Å². The van der Waals surface area contributed by atoms with Gasteiger partial charge in [0.15, 0.2) is 5.79 Å². The minimum Gasteiger partial charge on any atom is -0.393 e. The lowest BCUT2D eigenvalue weighted by Gasteiger charge is -2.61. The van der Waals surface area contributed by atoms with Gasteiger partial charge in [0.25, 0.3) is 0 Å². The molecule has 29 heavy (non-hydrogen) atoms. The van der Waals surface area contributed by atoms with Crippen molar-refractivity contribution >= 4 is 0 Å². The van der Waals surface area contributed by atoms with Crippen molar-refractivity contribution in [2.45, 2.75) is 109 Å². The molecule has 0 aromatic carbocycles. The maximum absolute atomic E-state index is 10.3. The zero-order valence-corrected chi connectivity index (χ0v) is 18.9. The van der Waals surface area contributed by atoms with E-state index in [9.17, 15) is 5.11 Å². The first-order valence-corrected chi connectivity index (χ1v) is 12.8. The molecule has 1 N–H and O–H groups in total. The predicted octanol–water partition coefficient (Wildman–Crippen LogP) is 5.55. The number of hydrogen-bond donors (Lipinski definition) is 1. The number of ether oxygens (including phenoxy) is 2. The molecule has 0 aromatic heterocycles. The molecule has 6 fully saturated rings. The Morgan fingerprint density at radius 2 is 1.66 bits per heavy atom. The summed E-state index contributed by atoms with van der Waals surface area (Å²) >= 11 is 0. The van der Waals surface area contributed by atoms with Crippen LogP contribution in [0.2, 0.25) is 0 Å². The van der Waals surface area contributed by atoms with Crippen LogP contribution in [0.4, 0.5) is 0 Å². The van der Waals surface area contributed by atoms with Crippen LogP contribution in [0.3, 0.4) is 0 Å². The number of aliphatic hydroxyl groups is 1. The van der Waals surface area contributed by atoms with Crippen molar-refractivity contribution in [2.24, 2.45) is 46.3 Å². The summed E-state index contributed by atoms with van der Waals surface area (Å²) in [5.74, 6) is 4.54. The topological polar surface area (TPSA) is 38.7 Å². The summed E-state index contributed by atoms with van der Waals surface area (Å²) in [5, 5.41) is 10.3. The van der Waals surface area contributed by atoms with Crippen molar-refractivity contribution in [3.05, 3.63) is 0 Å². The summed E-state index contributed by atoms with van der Waals surface area (Å²) in [5.41, 5.74) is 0.936. The third-order valence-corrected chi connectivity index (χ3v) is 11.4. The Balaban J connectivity index is 1.23. The molecule has 2 saturated heterocycles. The third-order valence-electron chi connectivity index (χ3n) is 11.4. The van der Waals surface area contributed by atoms with Crippen LogP contribution in [-0.2, 0) is 9.47 Å². The fraction of sp³-hybridized carbons (Fsp3) is 1.00. The minimum atomic E-state index is -0.240. The summed E-state index contributed by atoms with van der Waals surface area (Å²) in [6, 6.07) is 0. The van der Waals surface area contributed by atoms with Crippen LogP contribution in [0.15, 0.2) is 0 Å². The number of hydrogen-bond acceptors (Lipinski definition) is 3. The van der Waals surface area contributed by atoms with Gasteiger partial charge in [-0.25, -0.2) is 0 Å². The van der Waals surface area contributed by atoms with E-state index >= 15 is 0 Å². The summed E-state index contributed by atoms with van der Waals surface area (Å²) in [4.78, 5) is 0. The van der Waals surface area contributed by atoms with Gasteiger partial charge in [-0.15, -0.1) is 0 Å². The molecule has 4 aliphatic carbocycles. The molecule has 10 unspecified atom stereocenters. The van der Waals surface area contributed by atoms with Crippen LogP contribution < -0.4 is 0 Å². The van der Waals surface area contributed by atoms with Crippen molar-refractivity contribution < 1.29 is 14.6 Å². The summed E-state index contributed by atoms with van der Waals surface area (Å²) in [6.45, 7) is 8.42. The lowest BCUT2D eigenvalue weighted by atomic mass is 9.44. The molecule has 3 heteroatoms. The molecule has 0 bridgehead atoms. The maximum Gasteiger partial charge on any atom is 0.169 e. The van der Waals surface area contributed by atoms with Gasteiger partial charge in [0.2, 0.25) is 0 Å². The molecule has 164 valence electrons. The molecule has 3 nitrogen and oxygen atoms in total. The Bertz CT molecular complexity index is 654. The van der Waals surface area contributed by atoms with Crippen LogP contribution in [0.5, 0.6) is 0 Å². The first kappa shape index (κ1) is 19.6. The predicted molar refractivity (Wildman–Crippen MR) is 113 cm³/mol. The number of fused-ring (bicyclic) bond motifs is 7. The molecule has 0 amide bonds. The molecule has 11 atom stereocenters. The molecule has 1 spiro atoms. The van der Waals surface area contributed by atoms with E-state index in [4.69, 9.17) is 9.47 Å². The van der Waals surface area contributed by atoms with Crippen molar-refractivity contribution in [3.8, 4) is 0 Å². The van der Waals surface area contributed by atoms with Crippen LogP contribution >= 0.6 is 0 Å². The smallest absolute Gasteiger partial charge is 0.169 e. The van der Waals surface area contributed by atoms with Gasteiger partial charge in [-0.2, -0.15) is 0 Å². The van der Waals surface area contributed by atoms with Crippen LogP contribution in [0.25, 0.3) is 0 Å². The second kappa shape index (κ2) is 6.45. The Morgan fingerprint density at radius 3 is 2.45 bits per heavy atom. The van der Waals surface area contributed by atoms with E-state index in [1.165, 1.54) is 44.9 Å². The molecule has 4 saturated carbocycles. The van der Waals surface area contributed by atoms with Gasteiger partial charge < -0.3 is 14.6 Å². The average Bonchev–Trinajstić information content (AvgIpc) is 3.18. The van der Waals surface area contributed by atoms with Gasteiger partial charge in [0.05, 0.1) is 18.8 Å². The average molecular weight is 403 g/mol. The molecule has 6 rings (SSSR count). The Morgan fingerprint density at radius 1 is 0.828 bits per heavy atom. The minimum absolute atomic E-state index is 0.0351. The normalized spacial score (nSPS) is 61.7. The Labute approximate surface area is 177 Å². The van der Waals surface area contributed by atoms with Crippen LogP contribution in [0, 0.1) is 46.3 Å². The van der Waals surface area contributed by atoms with Gasteiger partial charge in [0, 0.05) is 12.8 Å². The largest absolute Gasteiger partial charge is 0.393 e. The highest BCUT2D eigenvalue weighted by Crippen LogP contribution is 2.70. The van der Waals surface area contributed by atoms with Gasteiger partial charge in [-0.05, 0) is 104 Å². The van der Waals surface area contributed by atoms with Crippen molar-refractivity contribution in [1.82, 2.24) is 0 Å². The van der Waals surface area contributed by atoms with Crippen LogP contribution in [-0.4, -0.2) is 29.7 Å². The van der Waals surface area contributed by atoms with E-state index in [0.717, 1.165) is 56.0 Å². The standard InChI is InChI=1S/C26H42O3/c1-16-6-11-26(28-15-16)14-22-23(29-26)13-21-19-5-4-17-12-18(27)7-9-24(17,2)20(19)8-10-25(21,22)3/h16-23,27H,4-15H2,1-3H3/t16?,17?,18?,19?,20?,21?,22?,23-,24?,25?,26?/m0/s1. The molecular weight excluding hydrogens is 360 g/mol. The Hall–Kier alpha value is -0.120.